The Balaban J connectivity index is 2.01. The maximum Gasteiger partial charge on any atom is 0.270 e. The van der Waals surface area contributed by atoms with Crippen LogP contribution in [0.5, 0.6) is 0 Å². The number of sulfonamides is 1. The molecule has 1 fully saturated rings. The molecule has 0 bridgehead atoms. The number of non-ortho nitro benzene ring substituents is 1. The molecule has 0 saturated carbocycles. The molecule has 1 aliphatic heterocycles. The third-order valence-corrected chi connectivity index (χ3v) is 7.24. The molecule has 0 amide bonds. The van der Waals surface area contributed by atoms with Crippen LogP contribution in [0.1, 0.15) is 10.9 Å². The molecule has 9 heteroatoms. The van der Waals surface area contributed by atoms with Crippen LogP contribution in [0.25, 0.3) is 0 Å². The monoisotopic (exact) mass is 384 g/mol. The van der Waals surface area contributed by atoms with Crippen LogP contribution in [0.2, 0.25) is 5.02 Å². The van der Waals surface area contributed by atoms with Gasteiger partial charge in [0.1, 0.15) is 0 Å². The molecule has 3 rings (SSSR count). The number of nitro benzene ring substituents is 1. The molecule has 1 aliphatic rings. The Hall–Kier alpha value is -1.61. The molecule has 0 aliphatic carbocycles. The second-order valence-corrected chi connectivity index (χ2v) is 8.60. The highest BCUT2D eigenvalue weighted by Gasteiger charge is 2.38. The lowest BCUT2D eigenvalue weighted by Gasteiger charge is -2.24. The molecule has 0 radical (unpaired) electrons. The fourth-order valence-electron chi connectivity index (χ4n) is 2.51. The number of benzene rings is 2. The Labute approximate surface area is 148 Å². The normalized spacial score (nSPS) is 18.6. The molecular weight excluding hydrogens is 372 g/mol. The van der Waals surface area contributed by atoms with Crippen molar-refractivity contribution in [2.24, 2.45) is 0 Å². The van der Waals surface area contributed by atoms with E-state index in [0.29, 0.717) is 17.3 Å². The van der Waals surface area contributed by atoms with Gasteiger partial charge in [0, 0.05) is 29.5 Å². The molecule has 24 heavy (non-hydrogen) atoms. The third-order valence-electron chi connectivity index (χ3n) is 3.66. The van der Waals surface area contributed by atoms with Crippen LogP contribution >= 0.6 is 23.4 Å². The summed E-state index contributed by atoms with van der Waals surface area (Å²) in [4.78, 5) is 10.2. The average Bonchev–Trinajstić information content (AvgIpc) is 3.05. The standard InChI is InChI=1S/C15H13ClN2O4S2/c16-14-7-2-1-6-13(14)15-17(8-9-23-15)24(21,22)12-5-3-4-11(10-12)18(19)20/h1-7,10,15H,8-9H2. The number of nitrogens with zero attached hydrogens (tertiary/aromatic N) is 2. The van der Waals surface area contributed by atoms with Gasteiger partial charge in [0.15, 0.2) is 0 Å². The fourth-order valence-corrected chi connectivity index (χ4v) is 6.13. The van der Waals surface area contributed by atoms with E-state index in [1.54, 1.807) is 24.3 Å². The maximum atomic E-state index is 13.0. The summed E-state index contributed by atoms with van der Waals surface area (Å²) in [6.45, 7) is 0.325. The summed E-state index contributed by atoms with van der Waals surface area (Å²) in [5.41, 5.74) is 0.466. The Morgan fingerprint density at radius 2 is 1.96 bits per heavy atom. The summed E-state index contributed by atoms with van der Waals surface area (Å²) in [7, 11) is -3.86. The van der Waals surface area contributed by atoms with Crippen molar-refractivity contribution in [3.05, 3.63) is 69.2 Å². The van der Waals surface area contributed by atoms with E-state index in [-0.39, 0.29) is 10.6 Å². The fraction of sp³-hybridized carbons (Fsp3) is 0.200. The van der Waals surface area contributed by atoms with E-state index in [1.807, 2.05) is 0 Å². The van der Waals surface area contributed by atoms with Gasteiger partial charge in [-0.3, -0.25) is 10.1 Å². The zero-order chi connectivity index (χ0) is 17.3. The van der Waals surface area contributed by atoms with E-state index in [0.717, 1.165) is 11.6 Å². The quantitative estimate of drug-likeness (QED) is 0.593. The van der Waals surface area contributed by atoms with Crippen molar-refractivity contribution in [3.63, 3.8) is 0 Å². The molecule has 0 spiro atoms. The Morgan fingerprint density at radius 1 is 1.21 bits per heavy atom. The molecule has 6 nitrogen and oxygen atoms in total. The van der Waals surface area contributed by atoms with E-state index in [2.05, 4.69) is 0 Å². The summed E-state index contributed by atoms with van der Waals surface area (Å²) in [6, 6.07) is 12.2. The Kier molecular flexibility index (Phi) is 4.82. The van der Waals surface area contributed by atoms with Crippen molar-refractivity contribution >= 4 is 39.1 Å². The summed E-state index contributed by atoms with van der Waals surface area (Å²) in [5, 5.41) is 11.0. The van der Waals surface area contributed by atoms with Crippen LogP contribution in [0, 0.1) is 10.1 Å². The first-order valence-corrected chi connectivity index (χ1v) is 9.90. The summed E-state index contributed by atoms with van der Waals surface area (Å²) in [5.74, 6) is 0.629. The van der Waals surface area contributed by atoms with Crippen molar-refractivity contribution < 1.29 is 13.3 Å². The minimum atomic E-state index is -3.86. The van der Waals surface area contributed by atoms with E-state index in [4.69, 9.17) is 11.6 Å². The van der Waals surface area contributed by atoms with Gasteiger partial charge in [0.2, 0.25) is 10.0 Å². The average molecular weight is 385 g/mol. The summed E-state index contributed by atoms with van der Waals surface area (Å²) < 4.78 is 27.2. The van der Waals surface area contributed by atoms with Crippen molar-refractivity contribution in [1.29, 1.82) is 0 Å². The first kappa shape index (κ1) is 17.2. The van der Waals surface area contributed by atoms with Gasteiger partial charge < -0.3 is 0 Å². The maximum absolute atomic E-state index is 13.0. The SMILES string of the molecule is O=[N+]([O-])c1cccc(S(=O)(=O)N2CCSC2c2ccccc2Cl)c1. The van der Waals surface area contributed by atoms with Gasteiger partial charge in [-0.25, -0.2) is 8.42 Å². The minimum absolute atomic E-state index is 0.0868. The molecule has 0 aromatic heterocycles. The molecule has 0 N–H and O–H groups in total. The van der Waals surface area contributed by atoms with Crippen LogP contribution in [0.4, 0.5) is 5.69 Å². The number of halogens is 1. The third kappa shape index (κ3) is 3.14. The number of nitro groups is 1. The number of hydrogen-bond acceptors (Lipinski definition) is 5. The van der Waals surface area contributed by atoms with Crippen molar-refractivity contribution in [1.82, 2.24) is 4.31 Å². The topological polar surface area (TPSA) is 80.5 Å². The molecule has 2 aromatic carbocycles. The second-order valence-electron chi connectivity index (χ2n) is 5.11. The zero-order valence-electron chi connectivity index (χ0n) is 12.3. The van der Waals surface area contributed by atoms with Gasteiger partial charge >= 0.3 is 0 Å². The number of rotatable bonds is 4. The Morgan fingerprint density at radius 3 is 2.67 bits per heavy atom. The van der Waals surface area contributed by atoms with Gasteiger partial charge in [0.25, 0.3) is 5.69 Å². The first-order chi connectivity index (χ1) is 11.4. The van der Waals surface area contributed by atoms with Gasteiger partial charge in [-0.05, 0) is 17.7 Å². The zero-order valence-corrected chi connectivity index (χ0v) is 14.7. The first-order valence-electron chi connectivity index (χ1n) is 7.03. The highest BCUT2D eigenvalue weighted by Crippen LogP contribution is 2.43. The molecule has 1 heterocycles. The number of thioether (sulfide) groups is 1. The minimum Gasteiger partial charge on any atom is -0.258 e. The predicted molar refractivity (Wildman–Crippen MR) is 93.6 cm³/mol. The molecule has 1 atom stereocenters. The van der Waals surface area contributed by atoms with Gasteiger partial charge in [-0.15, -0.1) is 11.8 Å². The molecule has 2 aromatic rings. The van der Waals surface area contributed by atoms with Crippen molar-refractivity contribution in [3.8, 4) is 0 Å². The highest BCUT2D eigenvalue weighted by molar-refractivity contribution is 8.01. The lowest BCUT2D eigenvalue weighted by atomic mass is 10.2. The second kappa shape index (κ2) is 6.72. The van der Waals surface area contributed by atoms with Crippen LogP contribution in [0.3, 0.4) is 0 Å². The number of hydrogen-bond donors (Lipinski definition) is 0. The van der Waals surface area contributed by atoms with Crippen molar-refractivity contribution in [2.45, 2.75) is 10.3 Å². The predicted octanol–water partition coefficient (Wildman–Crippen LogP) is 3.68. The van der Waals surface area contributed by atoms with Gasteiger partial charge in [-0.2, -0.15) is 4.31 Å². The van der Waals surface area contributed by atoms with Crippen LogP contribution in [-0.4, -0.2) is 29.9 Å². The smallest absolute Gasteiger partial charge is 0.258 e. The van der Waals surface area contributed by atoms with Crippen LogP contribution in [0.15, 0.2) is 53.4 Å². The van der Waals surface area contributed by atoms with E-state index in [9.17, 15) is 18.5 Å². The lowest BCUT2D eigenvalue weighted by molar-refractivity contribution is -0.385. The van der Waals surface area contributed by atoms with Crippen molar-refractivity contribution in [2.75, 3.05) is 12.3 Å². The summed E-state index contributed by atoms with van der Waals surface area (Å²) in [6.07, 6.45) is 0. The molecule has 1 unspecified atom stereocenters. The van der Waals surface area contributed by atoms with Gasteiger partial charge in [0.05, 0.1) is 15.2 Å². The highest BCUT2D eigenvalue weighted by atomic mass is 35.5. The summed E-state index contributed by atoms with van der Waals surface area (Å²) >= 11 is 7.69. The lowest BCUT2D eigenvalue weighted by Crippen LogP contribution is -2.30. The van der Waals surface area contributed by atoms with Gasteiger partial charge in [-0.1, -0.05) is 35.9 Å². The van der Waals surface area contributed by atoms with Crippen LogP contribution < -0.4 is 0 Å². The molecular formula is C15H13ClN2O4S2. The Bertz CT molecular complexity index is 889. The molecule has 1 saturated heterocycles. The van der Waals surface area contributed by atoms with Crippen LogP contribution in [-0.2, 0) is 10.0 Å². The van der Waals surface area contributed by atoms with E-state index < -0.39 is 20.3 Å². The largest absolute Gasteiger partial charge is 0.270 e. The van der Waals surface area contributed by atoms with E-state index >= 15 is 0 Å². The van der Waals surface area contributed by atoms with E-state index in [1.165, 1.54) is 34.3 Å². The molecule has 126 valence electrons.